The summed E-state index contributed by atoms with van der Waals surface area (Å²) in [5, 5.41) is 19.7. The highest BCUT2D eigenvalue weighted by atomic mass is 16.6. The van der Waals surface area contributed by atoms with Crippen LogP contribution >= 0.6 is 0 Å². The highest BCUT2D eigenvalue weighted by Gasteiger charge is 2.17. The second-order valence-electron chi connectivity index (χ2n) is 3.84. The number of hydrogen-bond acceptors (Lipinski definition) is 7. The monoisotopic (exact) mass is 278 g/mol. The third kappa shape index (κ3) is 3.65. The lowest BCUT2D eigenvalue weighted by molar-refractivity contribution is -0.385. The van der Waals surface area contributed by atoms with E-state index < -0.39 is 4.92 Å². The van der Waals surface area contributed by atoms with E-state index in [0.29, 0.717) is 18.9 Å². The quantitative estimate of drug-likeness (QED) is 0.437. The van der Waals surface area contributed by atoms with Crippen molar-refractivity contribution >= 4 is 17.5 Å². The van der Waals surface area contributed by atoms with E-state index in [-0.39, 0.29) is 23.6 Å². The Hall–Kier alpha value is -2.69. The minimum absolute atomic E-state index is 0.103. The maximum absolute atomic E-state index is 11.1. The molecule has 0 aliphatic heterocycles. The van der Waals surface area contributed by atoms with E-state index in [1.807, 2.05) is 13.0 Å². The number of carbonyl (C=O) groups is 1. The number of nitro groups is 1. The average molecular weight is 278 g/mol. The van der Waals surface area contributed by atoms with Crippen molar-refractivity contribution in [2.24, 2.45) is 0 Å². The van der Waals surface area contributed by atoms with E-state index in [1.165, 1.54) is 13.2 Å². The molecule has 1 aromatic rings. The van der Waals surface area contributed by atoms with Gasteiger partial charge in [0.2, 0.25) is 0 Å². The van der Waals surface area contributed by atoms with Gasteiger partial charge in [0, 0.05) is 19.2 Å². The number of aromatic nitrogens is 1. The fraction of sp³-hybridized carbons (Fsp3) is 0.417. The highest BCUT2D eigenvalue weighted by Crippen LogP contribution is 2.21. The molecule has 0 atom stereocenters. The van der Waals surface area contributed by atoms with Crippen molar-refractivity contribution in [1.29, 1.82) is 5.26 Å². The van der Waals surface area contributed by atoms with Gasteiger partial charge in [-0.1, -0.05) is 0 Å². The lowest BCUT2D eigenvalue weighted by atomic mass is 10.2. The number of anilines is 1. The van der Waals surface area contributed by atoms with Crippen molar-refractivity contribution < 1.29 is 14.5 Å². The number of methoxy groups -OCH3 is 1. The number of carbonyl (C=O) groups excluding carboxylic acids is 1. The van der Waals surface area contributed by atoms with Crippen LogP contribution in [0.5, 0.6) is 0 Å². The van der Waals surface area contributed by atoms with Crippen molar-refractivity contribution in [1.82, 2.24) is 4.98 Å². The summed E-state index contributed by atoms with van der Waals surface area (Å²) in [5.74, 6) is -0.0478. The average Bonchev–Trinajstić information content (AvgIpc) is 2.47. The maximum atomic E-state index is 11.1. The number of hydrogen-bond donors (Lipinski definition) is 0. The van der Waals surface area contributed by atoms with Crippen molar-refractivity contribution in [2.45, 2.75) is 13.3 Å². The topological polar surface area (TPSA) is 109 Å². The van der Waals surface area contributed by atoms with Gasteiger partial charge in [-0.3, -0.25) is 14.9 Å². The van der Waals surface area contributed by atoms with Crippen molar-refractivity contribution in [3.8, 4) is 6.07 Å². The first-order valence-electron chi connectivity index (χ1n) is 5.89. The van der Waals surface area contributed by atoms with E-state index in [2.05, 4.69) is 9.72 Å². The minimum Gasteiger partial charge on any atom is -0.469 e. The fourth-order valence-electron chi connectivity index (χ4n) is 1.62. The Morgan fingerprint density at radius 1 is 1.65 bits per heavy atom. The molecule has 106 valence electrons. The zero-order valence-electron chi connectivity index (χ0n) is 11.2. The van der Waals surface area contributed by atoms with Crippen LogP contribution in [0, 0.1) is 21.4 Å². The smallest absolute Gasteiger partial charge is 0.307 e. The summed E-state index contributed by atoms with van der Waals surface area (Å²) in [4.78, 5) is 26.8. The molecule has 0 unspecified atom stereocenters. The van der Waals surface area contributed by atoms with E-state index in [1.54, 1.807) is 4.90 Å². The molecule has 1 heterocycles. The second kappa shape index (κ2) is 7.04. The van der Waals surface area contributed by atoms with E-state index >= 15 is 0 Å². The Morgan fingerprint density at radius 2 is 2.35 bits per heavy atom. The molecule has 0 aliphatic rings. The van der Waals surface area contributed by atoms with Gasteiger partial charge in [-0.05, 0) is 6.92 Å². The molecule has 0 radical (unpaired) electrons. The third-order valence-corrected chi connectivity index (χ3v) is 2.68. The van der Waals surface area contributed by atoms with Crippen LogP contribution in [-0.4, -0.2) is 36.1 Å². The largest absolute Gasteiger partial charge is 0.469 e. The molecule has 0 bridgehead atoms. The van der Waals surface area contributed by atoms with Crippen molar-refractivity contribution in [3.63, 3.8) is 0 Å². The number of nitrogens with zero attached hydrogens (tertiary/aromatic N) is 4. The number of esters is 1. The molecule has 1 aromatic heterocycles. The van der Waals surface area contributed by atoms with Gasteiger partial charge in [0.1, 0.15) is 23.6 Å². The SMILES string of the molecule is CCN(CCC(=O)OC)c1ncc([N+](=O)[O-])cc1C#N. The zero-order chi connectivity index (χ0) is 15.1. The molecule has 20 heavy (non-hydrogen) atoms. The predicted octanol–water partition coefficient (Wildman–Crippen LogP) is 1.25. The molecule has 8 nitrogen and oxygen atoms in total. The minimum atomic E-state index is -0.609. The lowest BCUT2D eigenvalue weighted by Gasteiger charge is -2.21. The summed E-state index contributed by atoms with van der Waals surface area (Å²) in [5.41, 5.74) is -0.139. The Morgan fingerprint density at radius 3 is 2.85 bits per heavy atom. The standard InChI is InChI=1S/C12H14N4O4/c1-3-15(5-4-11(17)20-2)12-9(7-13)6-10(8-14-12)16(18)19/h6,8H,3-5H2,1-2H3. The Kier molecular flexibility index (Phi) is 5.41. The Balaban J connectivity index is 3.00. The van der Waals surface area contributed by atoms with Crippen LogP contribution in [0.2, 0.25) is 0 Å². The summed E-state index contributed by atoms with van der Waals surface area (Å²) in [6.07, 6.45) is 1.24. The molecule has 0 amide bonds. The van der Waals surface area contributed by atoms with Crippen LogP contribution in [0.4, 0.5) is 11.5 Å². The van der Waals surface area contributed by atoms with Crippen LogP contribution < -0.4 is 4.90 Å². The molecule has 0 saturated carbocycles. The van der Waals surface area contributed by atoms with E-state index in [4.69, 9.17) is 5.26 Å². The second-order valence-corrected chi connectivity index (χ2v) is 3.84. The molecule has 0 spiro atoms. The van der Waals surface area contributed by atoms with Gasteiger partial charge in [-0.25, -0.2) is 4.98 Å². The highest BCUT2D eigenvalue weighted by molar-refractivity contribution is 5.70. The zero-order valence-corrected chi connectivity index (χ0v) is 11.2. The number of pyridine rings is 1. The summed E-state index contributed by atoms with van der Waals surface area (Å²) in [6.45, 7) is 2.67. The van der Waals surface area contributed by atoms with Crippen LogP contribution in [0.3, 0.4) is 0 Å². The first-order chi connectivity index (χ1) is 9.53. The van der Waals surface area contributed by atoms with Crippen LogP contribution in [0.1, 0.15) is 18.9 Å². The summed E-state index contributed by atoms with van der Waals surface area (Å²) >= 11 is 0. The molecule has 1 rings (SSSR count). The van der Waals surface area contributed by atoms with Crippen molar-refractivity contribution in [3.05, 3.63) is 27.9 Å². The molecule has 0 saturated heterocycles. The first kappa shape index (κ1) is 15.4. The van der Waals surface area contributed by atoms with E-state index in [9.17, 15) is 14.9 Å². The normalized spacial score (nSPS) is 9.65. The van der Waals surface area contributed by atoms with Gasteiger partial charge in [0.15, 0.2) is 0 Å². The van der Waals surface area contributed by atoms with Gasteiger partial charge < -0.3 is 9.64 Å². The van der Waals surface area contributed by atoms with Crippen LogP contribution in [-0.2, 0) is 9.53 Å². The van der Waals surface area contributed by atoms with Crippen LogP contribution in [0.15, 0.2) is 12.3 Å². The van der Waals surface area contributed by atoms with Crippen LogP contribution in [0.25, 0.3) is 0 Å². The predicted molar refractivity (Wildman–Crippen MR) is 70.1 cm³/mol. The first-order valence-corrected chi connectivity index (χ1v) is 5.89. The Labute approximate surface area is 115 Å². The number of ether oxygens (including phenoxy) is 1. The van der Waals surface area contributed by atoms with Gasteiger partial charge in [0.25, 0.3) is 5.69 Å². The van der Waals surface area contributed by atoms with Gasteiger partial charge in [-0.2, -0.15) is 5.26 Å². The molecule has 0 aliphatic carbocycles. The Bertz CT molecular complexity index is 553. The maximum Gasteiger partial charge on any atom is 0.307 e. The molecule has 0 aromatic carbocycles. The molecule has 0 N–H and O–H groups in total. The molecule has 0 fully saturated rings. The summed E-state index contributed by atoms with van der Waals surface area (Å²) in [6, 6.07) is 3.05. The van der Waals surface area contributed by atoms with E-state index in [0.717, 1.165) is 6.20 Å². The number of nitriles is 1. The lowest BCUT2D eigenvalue weighted by Crippen LogP contribution is -2.27. The van der Waals surface area contributed by atoms with Gasteiger partial charge in [0.05, 0.1) is 18.5 Å². The molecule has 8 heteroatoms. The third-order valence-electron chi connectivity index (χ3n) is 2.68. The summed E-state index contributed by atoms with van der Waals surface area (Å²) in [7, 11) is 1.30. The van der Waals surface area contributed by atoms with Gasteiger partial charge in [-0.15, -0.1) is 0 Å². The summed E-state index contributed by atoms with van der Waals surface area (Å²) < 4.78 is 4.55. The fourth-order valence-corrected chi connectivity index (χ4v) is 1.62. The van der Waals surface area contributed by atoms with Crippen molar-refractivity contribution in [2.75, 3.05) is 25.1 Å². The molecular weight excluding hydrogens is 264 g/mol. The van der Waals surface area contributed by atoms with Gasteiger partial charge >= 0.3 is 5.97 Å². The molecular formula is C12H14N4O4. The number of rotatable bonds is 6.